The molecular weight excluding hydrogens is 408 g/mol. The molecule has 2 aliphatic heterocycles. The van der Waals surface area contributed by atoms with Crippen molar-refractivity contribution in [3.63, 3.8) is 0 Å². The Morgan fingerprint density at radius 3 is 2.58 bits per heavy atom. The van der Waals surface area contributed by atoms with Crippen LogP contribution in [0.2, 0.25) is 0 Å². The lowest BCUT2D eigenvalue weighted by molar-refractivity contribution is 0.186. The van der Waals surface area contributed by atoms with E-state index in [4.69, 9.17) is 14.7 Å². The van der Waals surface area contributed by atoms with Gasteiger partial charge in [-0.15, -0.1) is 0 Å². The molecule has 0 saturated carbocycles. The molecule has 0 unspecified atom stereocenters. The summed E-state index contributed by atoms with van der Waals surface area (Å²) in [6.45, 7) is 12.5. The van der Waals surface area contributed by atoms with Crippen molar-refractivity contribution in [1.29, 1.82) is 0 Å². The van der Waals surface area contributed by atoms with Gasteiger partial charge in [-0.05, 0) is 62.4 Å². The SMILES string of the molecule is Cc1cccc2cccc(N3CCc4c(nc(OC[C@@H]5CCCN5C)nc4C(C)(C)C)C3)c12. The third-order valence-electron chi connectivity index (χ3n) is 7.26. The van der Waals surface area contributed by atoms with Gasteiger partial charge in [0.1, 0.15) is 6.61 Å². The highest BCUT2D eigenvalue weighted by Crippen LogP contribution is 2.35. The first-order chi connectivity index (χ1) is 15.8. The molecule has 0 N–H and O–H groups in total. The van der Waals surface area contributed by atoms with Crippen molar-refractivity contribution in [3.05, 3.63) is 58.9 Å². The normalized spacial score (nSPS) is 19.2. The second-order valence-corrected chi connectivity index (χ2v) is 10.7. The Morgan fingerprint density at radius 2 is 1.85 bits per heavy atom. The summed E-state index contributed by atoms with van der Waals surface area (Å²) in [5, 5.41) is 2.63. The van der Waals surface area contributed by atoms with Crippen LogP contribution >= 0.6 is 0 Å². The average Bonchev–Trinajstić information content (AvgIpc) is 3.20. The zero-order valence-electron chi connectivity index (χ0n) is 20.7. The number of hydrogen-bond donors (Lipinski definition) is 0. The molecule has 3 aromatic rings. The minimum absolute atomic E-state index is 0.0481. The summed E-state index contributed by atoms with van der Waals surface area (Å²) < 4.78 is 6.21. The lowest BCUT2D eigenvalue weighted by Gasteiger charge is -2.34. The van der Waals surface area contributed by atoms with Crippen molar-refractivity contribution in [1.82, 2.24) is 14.9 Å². The summed E-state index contributed by atoms with van der Waals surface area (Å²) >= 11 is 0. The van der Waals surface area contributed by atoms with E-state index in [-0.39, 0.29) is 5.41 Å². The predicted molar refractivity (Wildman–Crippen MR) is 135 cm³/mol. The molecule has 0 bridgehead atoms. The molecule has 0 aliphatic carbocycles. The van der Waals surface area contributed by atoms with Gasteiger partial charge in [0, 0.05) is 29.1 Å². The Bertz CT molecular complexity index is 1160. The monoisotopic (exact) mass is 444 g/mol. The summed E-state index contributed by atoms with van der Waals surface area (Å²) in [5.41, 5.74) is 6.12. The largest absolute Gasteiger partial charge is 0.462 e. The van der Waals surface area contributed by atoms with E-state index in [1.54, 1.807) is 0 Å². The van der Waals surface area contributed by atoms with Gasteiger partial charge in [0.15, 0.2) is 0 Å². The molecule has 0 spiro atoms. The summed E-state index contributed by atoms with van der Waals surface area (Å²) in [7, 11) is 2.18. The first-order valence-electron chi connectivity index (χ1n) is 12.3. The predicted octanol–water partition coefficient (Wildman–Crippen LogP) is 5.27. The maximum absolute atomic E-state index is 6.21. The first-order valence-corrected chi connectivity index (χ1v) is 12.3. The molecule has 5 heteroatoms. The molecule has 0 radical (unpaired) electrons. The standard InChI is InChI=1S/C28H36N4O/c1-19-9-6-10-20-11-7-13-24(25(19)20)32-16-14-22-23(17-32)29-27(30-26(22)28(2,3)4)33-18-21-12-8-15-31(21)5/h6-7,9-11,13,21H,8,12,14-18H2,1-5H3/t21-/m0/s1. The highest BCUT2D eigenvalue weighted by atomic mass is 16.5. The van der Waals surface area contributed by atoms with Crippen LogP contribution in [0.3, 0.4) is 0 Å². The summed E-state index contributed by atoms with van der Waals surface area (Å²) in [4.78, 5) is 14.8. The number of anilines is 1. The molecule has 2 aromatic carbocycles. The second kappa shape index (κ2) is 8.60. The van der Waals surface area contributed by atoms with Gasteiger partial charge in [-0.25, -0.2) is 0 Å². The van der Waals surface area contributed by atoms with E-state index in [9.17, 15) is 0 Å². The van der Waals surface area contributed by atoms with Gasteiger partial charge < -0.3 is 14.5 Å². The summed E-state index contributed by atoms with van der Waals surface area (Å²) in [5.74, 6) is 0. The van der Waals surface area contributed by atoms with E-state index in [0.29, 0.717) is 18.7 Å². The molecule has 1 atom stereocenters. The van der Waals surface area contributed by atoms with Gasteiger partial charge in [0.05, 0.1) is 17.9 Å². The maximum Gasteiger partial charge on any atom is 0.316 e. The van der Waals surface area contributed by atoms with Crippen LogP contribution in [0.25, 0.3) is 10.8 Å². The number of nitrogens with zero attached hydrogens (tertiary/aromatic N) is 4. The molecule has 1 saturated heterocycles. The van der Waals surface area contributed by atoms with E-state index in [2.05, 4.69) is 80.9 Å². The van der Waals surface area contributed by atoms with Crippen molar-refractivity contribution in [2.45, 2.75) is 65.0 Å². The number of benzene rings is 2. The molecule has 2 aliphatic rings. The molecule has 5 rings (SSSR count). The fourth-order valence-electron chi connectivity index (χ4n) is 5.43. The lowest BCUT2D eigenvalue weighted by atomic mass is 9.85. The quantitative estimate of drug-likeness (QED) is 0.548. The highest BCUT2D eigenvalue weighted by molar-refractivity contribution is 5.96. The summed E-state index contributed by atoms with van der Waals surface area (Å²) in [6, 6.07) is 14.2. The second-order valence-electron chi connectivity index (χ2n) is 10.7. The van der Waals surface area contributed by atoms with Gasteiger partial charge in [0.2, 0.25) is 0 Å². The third kappa shape index (κ3) is 4.31. The van der Waals surface area contributed by atoms with E-state index in [0.717, 1.165) is 37.4 Å². The number of rotatable bonds is 4. The van der Waals surface area contributed by atoms with Gasteiger partial charge in [-0.2, -0.15) is 9.97 Å². The van der Waals surface area contributed by atoms with Gasteiger partial charge in [0.25, 0.3) is 0 Å². The molecular formula is C28H36N4O. The van der Waals surface area contributed by atoms with Crippen LogP contribution in [0, 0.1) is 6.92 Å². The van der Waals surface area contributed by atoms with Crippen molar-refractivity contribution < 1.29 is 4.74 Å². The van der Waals surface area contributed by atoms with Crippen LogP contribution < -0.4 is 9.64 Å². The lowest BCUT2D eigenvalue weighted by Crippen LogP contribution is -2.35. The van der Waals surface area contributed by atoms with Crippen LogP contribution in [0.5, 0.6) is 6.01 Å². The molecule has 1 fully saturated rings. The van der Waals surface area contributed by atoms with Gasteiger partial charge >= 0.3 is 6.01 Å². The molecule has 174 valence electrons. The number of likely N-dealkylation sites (tertiary alicyclic amines) is 1. The Kier molecular flexibility index (Phi) is 5.77. The highest BCUT2D eigenvalue weighted by Gasteiger charge is 2.30. The summed E-state index contributed by atoms with van der Waals surface area (Å²) in [6.07, 6.45) is 3.37. The zero-order chi connectivity index (χ0) is 23.2. The molecule has 0 amide bonds. The van der Waals surface area contributed by atoms with Crippen LogP contribution in [-0.2, 0) is 18.4 Å². The van der Waals surface area contributed by atoms with Crippen molar-refractivity contribution >= 4 is 16.5 Å². The van der Waals surface area contributed by atoms with Crippen molar-refractivity contribution in [3.8, 4) is 6.01 Å². The topological polar surface area (TPSA) is 41.5 Å². The van der Waals surface area contributed by atoms with Crippen LogP contribution in [0.15, 0.2) is 36.4 Å². The van der Waals surface area contributed by atoms with E-state index in [1.165, 1.54) is 40.4 Å². The number of ether oxygens (including phenoxy) is 1. The van der Waals surface area contributed by atoms with E-state index in [1.807, 2.05) is 0 Å². The Balaban J connectivity index is 1.49. The smallest absolute Gasteiger partial charge is 0.316 e. The molecule has 33 heavy (non-hydrogen) atoms. The van der Waals surface area contributed by atoms with Gasteiger partial charge in [-0.3, -0.25) is 0 Å². The van der Waals surface area contributed by atoms with Crippen LogP contribution in [-0.4, -0.2) is 47.7 Å². The minimum Gasteiger partial charge on any atom is -0.462 e. The number of hydrogen-bond acceptors (Lipinski definition) is 5. The molecule has 1 aromatic heterocycles. The van der Waals surface area contributed by atoms with Crippen molar-refractivity contribution in [2.24, 2.45) is 0 Å². The fraction of sp³-hybridized carbons (Fsp3) is 0.500. The number of likely N-dealkylation sites (N-methyl/N-ethyl adjacent to an activating group) is 1. The van der Waals surface area contributed by atoms with Crippen molar-refractivity contribution in [2.75, 3.05) is 31.6 Å². The number of fused-ring (bicyclic) bond motifs is 2. The van der Waals surface area contributed by atoms with Crippen LogP contribution in [0.1, 0.15) is 56.1 Å². The number of aryl methyl sites for hydroxylation is 1. The Labute approximate surface area is 197 Å². The average molecular weight is 445 g/mol. The van der Waals surface area contributed by atoms with E-state index >= 15 is 0 Å². The minimum atomic E-state index is -0.0481. The first kappa shape index (κ1) is 22.1. The Hall–Kier alpha value is -2.66. The Morgan fingerprint density at radius 1 is 1.06 bits per heavy atom. The van der Waals surface area contributed by atoms with Gasteiger partial charge in [-0.1, -0.05) is 51.1 Å². The zero-order valence-corrected chi connectivity index (χ0v) is 20.7. The number of aromatic nitrogens is 2. The fourth-order valence-corrected chi connectivity index (χ4v) is 5.43. The third-order valence-corrected chi connectivity index (χ3v) is 7.26. The van der Waals surface area contributed by atoms with E-state index < -0.39 is 0 Å². The molecule has 3 heterocycles. The molecule has 5 nitrogen and oxygen atoms in total. The van der Waals surface area contributed by atoms with Crippen LogP contribution in [0.4, 0.5) is 5.69 Å². The maximum atomic E-state index is 6.21.